The van der Waals surface area contributed by atoms with Crippen molar-refractivity contribution in [3.8, 4) is 22.3 Å². The summed E-state index contributed by atoms with van der Waals surface area (Å²) >= 11 is 0. The van der Waals surface area contributed by atoms with Gasteiger partial charge in [0.25, 0.3) is 0 Å². The second-order valence-electron chi connectivity index (χ2n) is 29.1. The van der Waals surface area contributed by atoms with Crippen LogP contribution >= 0.6 is 0 Å². The topological polar surface area (TPSA) is 45.9 Å². The summed E-state index contributed by atoms with van der Waals surface area (Å²) in [4.78, 5) is 4.78. The second kappa shape index (κ2) is 21.8. The summed E-state index contributed by atoms with van der Waals surface area (Å²) in [5.41, 5.74) is 27.3. The van der Waals surface area contributed by atoms with Crippen molar-refractivity contribution in [1.29, 1.82) is 0 Å². The number of fused-ring (bicyclic) bond motifs is 15. The highest BCUT2D eigenvalue weighted by Crippen LogP contribution is 2.60. The SMILES string of the molecule is CC(C)(C)c1ccc(N(c2ccc3c(c2)C(c2ccccc2)(c2ccccc2)c2ccccc2-3)c2ccc3c(c2)oc2cc4c(cc23)oc2cc3c(cc24)oc2cc(N(c4ccc(C(C)(C)C)cc4)c4ccc5c(c4)C(c4ccccc4)(c4ccccc4)c4ccccc4-5)ccc23)cc1. The number of hydrogen-bond donors (Lipinski definition) is 0. The lowest BCUT2D eigenvalue weighted by atomic mass is 9.67. The maximum absolute atomic E-state index is 7.04. The Hall–Kier alpha value is -11.9. The van der Waals surface area contributed by atoms with Crippen molar-refractivity contribution in [2.45, 2.75) is 63.2 Å². The van der Waals surface area contributed by atoms with Crippen molar-refractivity contribution in [3.05, 3.63) is 371 Å². The van der Waals surface area contributed by atoms with Crippen LogP contribution in [-0.2, 0) is 21.7 Å². The van der Waals surface area contributed by atoms with Crippen LogP contribution in [0.2, 0.25) is 0 Å². The monoisotopic (exact) mass is 1270 g/mol. The van der Waals surface area contributed by atoms with Crippen molar-refractivity contribution in [1.82, 2.24) is 0 Å². The van der Waals surface area contributed by atoms with Crippen molar-refractivity contribution >= 4 is 99.9 Å². The fourth-order valence-corrected chi connectivity index (χ4v) is 16.8. The summed E-state index contributed by atoms with van der Waals surface area (Å²) in [5, 5.41) is 5.95. The molecule has 3 aromatic heterocycles. The van der Waals surface area contributed by atoms with E-state index in [1.165, 1.54) is 77.9 Å². The largest absolute Gasteiger partial charge is 0.456 e. The Morgan fingerprint density at radius 3 is 0.818 bits per heavy atom. The van der Waals surface area contributed by atoms with Gasteiger partial charge < -0.3 is 23.1 Å². The summed E-state index contributed by atoms with van der Waals surface area (Å²) < 4.78 is 21.0. The van der Waals surface area contributed by atoms with Gasteiger partial charge in [-0.3, -0.25) is 0 Å². The molecule has 0 bridgehead atoms. The van der Waals surface area contributed by atoms with Gasteiger partial charge in [-0.2, -0.15) is 0 Å². The minimum atomic E-state index is -0.558. The Labute approximate surface area is 576 Å². The smallest absolute Gasteiger partial charge is 0.137 e. The molecule has 14 aromatic carbocycles. The van der Waals surface area contributed by atoms with Gasteiger partial charge in [-0.05, 0) is 186 Å². The molecule has 0 N–H and O–H groups in total. The molecule has 19 rings (SSSR count). The molecule has 0 unspecified atom stereocenters. The van der Waals surface area contributed by atoms with Gasteiger partial charge in [-0.15, -0.1) is 0 Å². The Kier molecular flexibility index (Phi) is 12.9. The van der Waals surface area contributed by atoms with Gasteiger partial charge in [0.2, 0.25) is 0 Å². The zero-order valence-electron chi connectivity index (χ0n) is 56.1. The molecule has 474 valence electrons. The van der Waals surface area contributed by atoms with Gasteiger partial charge in [0.05, 0.1) is 10.8 Å². The average molecular weight is 1280 g/mol. The fraction of sp³-hybridized carbons (Fsp3) is 0.106. The van der Waals surface area contributed by atoms with Crippen LogP contribution in [0, 0.1) is 0 Å². The van der Waals surface area contributed by atoms with Crippen LogP contribution in [-0.4, -0.2) is 0 Å². The van der Waals surface area contributed by atoms with Crippen LogP contribution < -0.4 is 9.80 Å². The summed E-state index contributed by atoms with van der Waals surface area (Å²) in [6.45, 7) is 13.6. The van der Waals surface area contributed by atoms with Crippen LogP contribution in [0.1, 0.15) is 97.2 Å². The number of benzene rings is 14. The third-order valence-electron chi connectivity index (χ3n) is 21.5. The van der Waals surface area contributed by atoms with E-state index in [1.807, 2.05) is 0 Å². The molecule has 0 amide bonds. The van der Waals surface area contributed by atoms with E-state index in [1.54, 1.807) is 0 Å². The Balaban J connectivity index is 0.724. The standard InChI is InChI=1S/C94H70N2O3/c1-91(2,3)59-35-39-65(40-36-59)95(67-43-47-73-71-31-19-21-33-81(71)93(83(73)51-67,61-23-11-7-12-24-61)62-25-13-8-14-26-62)69-45-49-75-77-55-89-79(57-87(77)97-85(75)53-69)80-58-88-78(56-90(80)99-89)76-50-46-70(54-86(76)98-88)96(66-41-37-60(38-42-66)92(4,5)6)68-44-48-74-72-32-20-22-34-82(72)94(84(74)52-68,63-27-15-9-16-28-63)64-29-17-10-18-30-64/h7-58H,1-6H3. The van der Waals surface area contributed by atoms with E-state index < -0.39 is 10.8 Å². The van der Waals surface area contributed by atoms with Gasteiger partial charge in [0.15, 0.2) is 0 Å². The fourth-order valence-electron chi connectivity index (χ4n) is 16.8. The molecule has 2 aliphatic rings. The molecule has 5 heteroatoms. The first kappa shape index (κ1) is 58.4. The van der Waals surface area contributed by atoms with Gasteiger partial charge in [-0.1, -0.05) is 248 Å². The van der Waals surface area contributed by atoms with Crippen molar-refractivity contribution in [3.63, 3.8) is 0 Å². The Morgan fingerprint density at radius 2 is 0.485 bits per heavy atom. The van der Waals surface area contributed by atoms with Crippen molar-refractivity contribution in [2.24, 2.45) is 0 Å². The van der Waals surface area contributed by atoms with Crippen LogP contribution in [0.3, 0.4) is 0 Å². The molecule has 0 aliphatic heterocycles. The van der Waals surface area contributed by atoms with E-state index in [2.05, 4.69) is 367 Å². The molecule has 5 nitrogen and oxygen atoms in total. The molecule has 0 spiro atoms. The summed E-state index contributed by atoms with van der Waals surface area (Å²) in [5.74, 6) is 0. The number of hydrogen-bond acceptors (Lipinski definition) is 5. The second-order valence-corrected chi connectivity index (χ2v) is 29.1. The highest BCUT2D eigenvalue weighted by Gasteiger charge is 2.48. The van der Waals surface area contributed by atoms with Crippen LogP contribution in [0.25, 0.3) is 88.1 Å². The van der Waals surface area contributed by atoms with Gasteiger partial charge in [-0.25, -0.2) is 0 Å². The Morgan fingerprint density at radius 1 is 0.222 bits per heavy atom. The highest BCUT2D eigenvalue weighted by atomic mass is 16.3. The average Bonchev–Trinajstić information content (AvgIpc) is 1.57. The predicted molar refractivity (Wildman–Crippen MR) is 410 cm³/mol. The van der Waals surface area contributed by atoms with Crippen molar-refractivity contribution < 1.29 is 13.3 Å². The molecule has 17 aromatic rings. The van der Waals surface area contributed by atoms with E-state index in [-0.39, 0.29) is 10.8 Å². The molecular formula is C94H70N2O3. The number of rotatable bonds is 10. The van der Waals surface area contributed by atoms with E-state index in [9.17, 15) is 0 Å². The minimum absolute atomic E-state index is 0.0162. The Bertz CT molecular complexity index is 5600. The lowest BCUT2D eigenvalue weighted by Gasteiger charge is -2.35. The van der Waals surface area contributed by atoms with Gasteiger partial charge in [0.1, 0.15) is 33.5 Å². The molecule has 0 atom stereocenters. The third kappa shape index (κ3) is 8.86. The first-order valence-electron chi connectivity index (χ1n) is 34.5. The molecular weight excluding hydrogens is 1210 g/mol. The molecule has 2 aliphatic carbocycles. The van der Waals surface area contributed by atoms with E-state index in [4.69, 9.17) is 13.3 Å². The summed E-state index contributed by atoms with van der Waals surface area (Å²) in [6, 6.07) is 116. The minimum Gasteiger partial charge on any atom is -0.456 e. The highest BCUT2D eigenvalue weighted by molar-refractivity contribution is 6.19. The zero-order valence-corrected chi connectivity index (χ0v) is 56.1. The molecule has 99 heavy (non-hydrogen) atoms. The number of anilines is 6. The molecule has 0 saturated carbocycles. The van der Waals surface area contributed by atoms with Crippen LogP contribution in [0.4, 0.5) is 34.1 Å². The maximum atomic E-state index is 7.04. The molecule has 3 heterocycles. The summed E-state index contributed by atoms with van der Waals surface area (Å²) in [7, 11) is 0. The lowest BCUT2D eigenvalue weighted by molar-refractivity contribution is 0.590. The molecule has 0 fully saturated rings. The van der Waals surface area contributed by atoms with E-state index in [0.29, 0.717) is 0 Å². The first-order valence-corrected chi connectivity index (χ1v) is 34.5. The van der Waals surface area contributed by atoms with Crippen LogP contribution in [0.5, 0.6) is 0 Å². The third-order valence-corrected chi connectivity index (χ3v) is 21.5. The zero-order chi connectivity index (χ0) is 66.5. The van der Waals surface area contributed by atoms with Crippen LogP contribution in [0.15, 0.2) is 329 Å². The maximum Gasteiger partial charge on any atom is 0.137 e. The van der Waals surface area contributed by atoms with E-state index >= 15 is 0 Å². The van der Waals surface area contributed by atoms with E-state index in [0.717, 1.165) is 99.9 Å². The predicted octanol–water partition coefficient (Wildman–Crippen LogP) is 25.6. The summed E-state index contributed by atoms with van der Waals surface area (Å²) in [6.07, 6.45) is 0. The number of furan rings is 3. The quantitative estimate of drug-likeness (QED) is 0.137. The molecule has 0 radical (unpaired) electrons. The number of nitrogens with zero attached hydrogens (tertiary/aromatic N) is 2. The molecule has 0 saturated heterocycles. The van der Waals surface area contributed by atoms with Gasteiger partial charge >= 0.3 is 0 Å². The first-order chi connectivity index (χ1) is 48.3. The lowest BCUT2D eigenvalue weighted by Crippen LogP contribution is -2.28. The van der Waals surface area contributed by atoms with Crippen molar-refractivity contribution in [2.75, 3.05) is 9.80 Å². The van der Waals surface area contributed by atoms with Gasteiger partial charge in [0, 0.05) is 78.6 Å². The normalized spacial score (nSPS) is 13.7.